The van der Waals surface area contributed by atoms with E-state index in [0.717, 1.165) is 34.8 Å². The lowest BCUT2D eigenvalue weighted by atomic mass is 10.3. The number of imidazole rings is 1. The predicted molar refractivity (Wildman–Crippen MR) is 70.5 cm³/mol. The molecule has 0 amide bonds. The zero-order valence-corrected chi connectivity index (χ0v) is 10.5. The van der Waals surface area contributed by atoms with Crippen LogP contribution in [0, 0.1) is 0 Å². The Morgan fingerprint density at radius 2 is 2.12 bits per heavy atom. The van der Waals surface area contributed by atoms with E-state index in [1.807, 2.05) is 18.2 Å². The van der Waals surface area contributed by atoms with E-state index in [4.69, 9.17) is 11.6 Å². The summed E-state index contributed by atoms with van der Waals surface area (Å²) in [5.41, 5.74) is 1.93. The molecule has 1 fully saturated rings. The summed E-state index contributed by atoms with van der Waals surface area (Å²) in [6.07, 6.45) is 3.66. The van der Waals surface area contributed by atoms with Gasteiger partial charge < -0.3 is 9.88 Å². The number of hydrogen-bond acceptors (Lipinski definition) is 2. The second kappa shape index (κ2) is 4.67. The molecule has 1 aromatic carbocycles. The molecule has 90 valence electrons. The highest BCUT2D eigenvalue weighted by Gasteiger charge is 2.12. The van der Waals surface area contributed by atoms with Crippen molar-refractivity contribution in [1.82, 2.24) is 14.9 Å². The van der Waals surface area contributed by atoms with Gasteiger partial charge in [-0.15, -0.1) is 0 Å². The molecule has 2 aromatic rings. The van der Waals surface area contributed by atoms with E-state index in [9.17, 15) is 0 Å². The van der Waals surface area contributed by atoms with E-state index in [2.05, 4.69) is 14.9 Å². The molecule has 1 saturated heterocycles. The Balaban J connectivity index is 1.74. The number of hydrogen-bond donors (Lipinski definition) is 1. The van der Waals surface area contributed by atoms with E-state index in [1.54, 1.807) is 0 Å². The summed E-state index contributed by atoms with van der Waals surface area (Å²) in [7, 11) is 0. The normalized spacial score (nSPS) is 17.0. The molecule has 0 atom stereocenters. The monoisotopic (exact) mass is 249 g/mol. The predicted octanol–water partition coefficient (Wildman–Crippen LogP) is 2.85. The molecule has 2 heterocycles. The number of fused-ring (bicyclic) bond motifs is 1. The fourth-order valence-corrected chi connectivity index (χ4v) is 2.65. The molecular formula is C13H16ClN3. The third-order valence-corrected chi connectivity index (χ3v) is 3.68. The maximum atomic E-state index is 6.10. The van der Waals surface area contributed by atoms with Crippen molar-refractivity contribution < 1.29 is 0 Å². The first-order valence-electron chi connectivity index (χ1n) is 6.18. The lowest BCUT2D eigenvalue weighted by Gasteiger charge is -2.12. The Morgan fingerprint density at radius 1 is 1.29 bits per heavy atom. The van der Waals surface area contributed by atoms with Gasteiger partial charge in [0.1, 0.15) is 11.3 Å². The van der Waals surface area contributed by atoms with Crippen molar-refractivity contribution in [2.24, 2.45) is 0 Å². The van der Waals surface area contributed by atoms with Crippen molar-refractivity contribution in [3.8, 4) is 0 Å². The van der Waals surface area contributed by atoms with Crippen molar-refractivity contribution >= 4 is 22.6 Å². The van der Waals surface area contributed by atoms with Gasteiger partial charge in [-0.05, 0) is 38.1 Å². The number of aromatic nitrogens is 2. The number of nitrogens with one attached hydrogen (secondary N) is 1. The van der Waals surface area contributed by atoms with Gasteiger partial charge in [-0.1, -0.05) is 17.7 Å². The van der Waals surface area contributed by atoms with Crippen LogP contribution in [0.25, 0.3) is 11.0 Å². The molecule has 0 aliphatic carbocycles. The maximum Gasteiger partial charge on any atom is 0.108 e. The third kappa shape index (κ3) is 2.31. The molecule has 0 unspecified atom stereocenters. The van der Waals surface area contributed by atoms with Crippen molar-refractivity contribution in [2.45, 2.75) is 19.3 Å². The van der Waals surface area contributed by atoms with Crippen LogP contribution in [0.2, 0.25) is 5.02 Å². The van der Waals surface area contributed by atoms with Crippen LogP contribution in [-0.2, 0) is 6.42 Å². The number of H-pyrrole nitrogens is 1. The van der Waals surface area contributed by atoms with E-state index in [1.165, 1.54) is 25.9 Å². The summed E-state index contributed by atoms with van der Waals surface area (Å²) in [4.78, 5) is 10.4. The first-order chi connectivity index (χ1) is 8.33. The Kier molecular flexibility index (Phi) is 3.04. The van der Waals surface area contributed by atoms with Crippen LogP contribution in [0.15, 0.2) is 18.2 Å². The van der Waals surface area contributed by atoms with Crippen LogP contribution in [0.1, 0.15) is 18.7 Å². The zero-order chi connectivity index (χ0) is 11.7. The summed E-state index contributed by atoms with van der Waals surface area (Å²) in [5.74, 6) is 1.04. The minimum Gasteiger partial charge on any atom is -0.342 e. The van der Waals surface area contributed by atoms with Crippen LogP contribution in [-0.4, -0.2) is 34.5 Å². The lowest BCUT2D eigenvalue weighted by molar-refractivity contribution is 0.341. The number of rotatable bonds is 3. The van der Waals surface area contributed by atoms with E-state index >= 15 is 0 Å². The number of likely N-dealkylation sites (tertiary alicyclic amines) is 1. The van der Waals surface area contributed by atoms with Gasteiger partial charge >= 0.3 is 0 Å². The molecule has 1 aromatic heterocycles. The summed E-state index contributed by atoms with van der Waals surface area (Å²) >= 11 is 6.10. The van der Waals surface area contributed by atoms with Crippen LogP contribution in [0.3, 0.4) is 0 Å². The van der Waals surface area contributed by atoms with Crippen LogP contribution in [0.5, 0.6) is 0 Å². The molecular weight excluding hydrogens is 234 g/mol. The Labute approximate surface area is 106 Å². The minimum atomic E-state index is 0.728. The Bertz CT molecular complexity index is 514. The third-order valence-electron chi connectivity index (χ3n) is 3.38. The first kappa shape index (κ1) is 11.1. The zero-order valence-electron chi connectivity index (χ0n) is 9.75. The second-order valence-electron chi connectivity index (χ2n) is 4.62. The molecule has 0 saturated carbocycles. The summed E-state index contributed by atoms with van der Waals surface area (Å²) in [5, 5.41) is 0.728. The van der Waals surface area contributed by atoms with Crippen molar-refractivity contribution in [2.75, 3.05) is 19.6 Å². The number of halogens is 1. The van der Waals surface area contributed by atoms with Gasteiger partial charge in [-0.3, -0.25) is 0 Å². The first-order valence-corrected chi connectivity index (χ1v) is 6.56. The average molecular weight is 250 g/mol. The molecule has 1 aliphatic rings. The molecule has 0 bridgehead atoms. The standard InChI is InChI=1S/C13H16ClN3/c14-10-4-3-5-11-13(10)16-12(15-11)6-9-17-7-1-2-8-17/h3-5H,1-2,6-9H2,(H,15,16). The second-order valence-corrected chi connectivity index (χ2v) is 5.03. The fraction of sp³-hybridized carbons (Fsp3) is 0.462. The van der Waals surface area contributed by atoms with Gasteiger partial charge in [-0.2, -0.15) is 0 Å². The molecule has 3 rings (SSSR count). The number of nitrogens with zero attached hydrogens (tertiary/aromatic N) is 2. The van der Waals surface area contributed by atoms with Gasteiger partial charge in [0.2, 0.25) is 0 Å². The van der Waals surface area contributed by atoms with Gasteiger partial charge in [0, 0.05) is 13.0 Å². The molecule has 0 radical (unpaired) electrons. The fourth-order valence-electron chi connectivity index (χ4n) is 2.44. The highest BCUT2D eigenvalue weighted by molar-refractivity contribution is 6.34. The number of benzene rings is 1. The quantitative estimate of drug-likeness (QED) is 0.907. The largest absolute Gasteiger partial charge is 0.342 e. The SMILES string of the molecule is Clc1cccc2[nH]c(CCN3CCCC3)nc12. The van der Waals surface area contributed by atoms with Crippen molar-refractivity contribution in [3.63, 3.8) is 0 Å². The number of para-hydroxylation sites is 1. The Hall–Kier alpha value is -1.06. The lowest BCUT2D eigenvalue weighted by Crippen LogP contribution is -2.22. The van der Waals surface area contributed by atoms with Crippen molar-refractivity contribution in [1.29, 1.82) is 0 Å². The molecule has 1 N–H and O–H groups in total. The summed E-state index contributed by atoms with van der Waals surface area (Å²) in [6.45, 7) is 3.57. The van der Waals surface area contributed by atoms with Crippen LogP contribution < -0.4 is 0 Å². The number of aromatic amines is 1. The molecule has 3 nitrogen and oxygen atoms in total. The van der Waals surface area contributed by atoms with Crippen LogP contribution >= 0.6 is 11.6 Å². The van der Waals surface area contributed by atoms with Gasteiger partial charge in [0.15, 0.2) is 0 Å². The minimum absolute atomic E-state index is 0.728. The smallest absolute Gasteiger partial charge is 0.108 e. The maximum absolute atomic E-state index is 6.10. The highest BCUT2D eigenvalue weighted by atomic mass is 35.5. The van der Waals surface area contributed by atoms with E-state index in [0.29, 0.717) is 0 Å². The summed E-state index contributed by atoms with van der Waals surface area (Å²) < 4.78 is 0. The van der Waals surface area contributed by atoms with E-state index < -0.39 is 0 Å². The van der Waals surface area contributed by atoms with Gasteiger partial charge in [0.25, 0.3) is 0 Å². The average Bonchev–Trinajstić information content (AvgIpc) is 2.95. The van der Waals surface area contributed by atoms with Gasteiger partial charge in [-0.25, -0.2) is 4.98 Å². The molecule has 1 aliphatic heterocycles. The molecule has 0 spiro atoms. The molecule has 17 heavy (non-hydrogen) atoms. The highest BCUT2D eigenvalue weighted by Crippen LogP contribution is 2.21. The van der Waals surface area contributed by atoms with Crippen molar-refractivity contribution in [3.05, 3.63) is 29.0 Å². The topological polar surface area (TPSA) is 31.9 Å². The molecule has 4 heteroatoms. The van der Waals surface area contributed by atoms with Crippen LogP contribution in [0.4, 0.5) is 0 Å². The van der Waals surface area contributed by atoms with Gasteiger partial charge in [0.05, 0.1) is 10.5 Å². The summed E-state index contributed by atoms with van der Waals surface area (Å²) in [6, 6.07) is 5.86. The Morgan fingerprint density at radius 3 is 2.88 bits per heavy atom. The van der Waals surface area contributed by atoms with E-state index in [-0.39, 0.29) is 0 Å².